The lowest BCUT2D eigenvalue weighted by Gasteiger charge is -2.39. The van der Waals surface area contributed by atoms with Crippen LogP contribution in [0, 0.1) is 11.8 Å². The van der Waals surface area contributed by atoms with E-state index in [1.165, 1.54) is 4.90 Å². The second-order valence-electron chi connectivity index (χ2n) is 14.1. The van der Waals surface area contributed by atoms with Gasteiger partial charge in [-0.2, -0.15) is 0 Å². The summed E-state index contributed by atoms with van der Waals surface area (Å²) < 4.78 is 13.0. The molecule has 3 amide bonds. The summed E-state index contributed by atoms with van der Waals surface area (Å²) in [6.45, 7) is 11.9. The molecule has 10 heteroatoms. The molecule has 3 aliphatic rings. The average Bonchev–Trinajstić information content (AvgIpc) is 3.79. The van der Waals surface area contributed by atoms with Crippen LogP contribution < -0.4 is 5.32 Å². The molecule has 1 spiro atoms. The molecule has 0 saturated carbocycles. The smallest absolute Gasteiger partial charge is 0.313 e. The van der Waals surface area contributed by atoms with Gasteiger partial charge in [0.05, 0.1) is 36.6 Å². The van der Waals surface area contributed by atoms with Crippen molar-refractivity contribution in [3.05, 3.63) is 97.1 Å². The normalized spacial score (nSPS) is 25.1. The van der Waals surface area contributed by atoms with E-state index in [2.05, 4.69) is 25.4 Å². The van der Waals surface area contributed by atoms with Crippen molar-refractivity contribution in [3.63, 3.8) is 0 Å². The van der Waals surface area contributed by atoms with Gasteiger partial charge in [-0.3, -0.25) is 19.2 Å². The fourth-order valence-corrected chi connectivity index (χ4v) is 8.28. The molecule has 3 saturated heterocycles. The van der Waals surface area contributed by atoms with Crippen molar-refractivity contribution >= 4 is 23.7 Å². The molecule has 0 aromatic heterocycles. The van der Waals surface area contributed by atoms with E-state index in [9.17, 15) is 24.3 Å². The largest absolute Gasteiger partial charge is 0.455 e. The molecule has 3 aliphatic heterocycles. The summed E-state index contributed by atoms with van der Waals surface area (Å²) in [5, 5.41) is 13.8. The highest BCUT2D eigenvalue weighted by atomic mass is 16.6. The van der Waals surface area contributed by atoms with Gasteiger partial charge in [-0.05, 0) is 50.2 Å². The summed E-state index contributed by atoms with van der Waals surface area (Å²) in [5.41, 5.74) is 0.347. The maximum absolute atomic E-state index is 14.8. The maximum Gasteiger partial charge on any atom is 0.313 e. The molecule has 2 N–H and O–H groups in total. The predicted molar refractivity (Wildman–Crippen MR) is 194 cm³/mol. The van der Waals surface area contributed by atoms with E-state index in [1.807, 2.05) is 60.7 Å². The van der Waals surface area contributed by atoms with Crippen molar-refractivity contribution in [1.29, 1.82) is 0 Å². The molecule has 274 valence electrons. The van der Waals surface area contributed by atoms with Crippen molar-refractivity contribution in [2.24, 2.45) is 11.8 Å². The van der Waals surface area contributed by atoms with Gasteiger partial charge in [0, 0.05) is 19.5 Å². The number of unbranched alkanes of at least 4 members (excludes halogenated alkanes) is 2. The minimum Gasteiger partial charge on any atom is -0.455 e. The highest BCUT2D eigenvalue weighted by Crippen LogP contribution is 2.59. The van der Waals surface area contributed by atoms with E-state index in [0.717, 1.165) is 24.8 Å². The summed E-state index contributed by atoms with van der Waals surface area (Å²) >= 11 is 0. The van der Waals surface area contributed by atoms with Crippen molar-refractivity contribution in [3.8, 4) is 0 Å². The Morgan fingerprint density at radius 2 is 1.80 bits per heavy atom. The van der Waals surface area contributed by atoms with Crippen LogP contribution in [0.3, 0.4) is 0 Å². The SMILES string of the molecule is C=CCCC(=O)N[C@@H](C)[C@H](OC(=O)[C@@H]1[C@H]2C(=O)N([C@@H](CO)Cc3ccccc3)[C@H](C(=O)N(CC=C)CCCCC)[C@]23CC[C@H]1O3)c1ccccc1. The molecule has 0 unspecified atom stereocenters. The third-order valence-corrected chi connectivity index (χ3v) is 10.6. The number of likely N-dealkylation sites (tertiary alicyclic amines) is 1. The molecule has 2 aromatic carbocycles. The van der Waals surface area contributed by atoms with Crippen molar-refractivity contribution in [2.45, 2.75) is 101 Å². The van der Waals surface area contributed by atoms with Crippen LogP contribution in [0.5, 0.6) is 0 Å². The minimum atomic E-state index is -1.26. The van der Waals surface area contributed by atoms with Crippen molar-refractivity contribution in [1.82, 2.24) is 15.1 Å². The number of rotatable bonds is 19. The number of nitrogens with one attached hydrogen (secondary N) is 1. The number of fused-ring (bicyclic) bond motifs is 1. The standard InChI is InChI=1S/C41H53N3O7/c1-5-8-16-25-43(24-7-3)39(48)37-41-23-22-32(51-41)34(35(41)38(47)44(37)31(27-45)26-29-17-12-10-13-18-29)40(49)50-36(30-19-14-11-15-20-30)28(4)42-33(46)21-9-6-2/h6-7,10-15,17-20,28,31-32,34-37,45H,2-3,5,8-9,16,21-27H2,1,4H3,(H,42,46)/t28-,31+,32+,34-,35-,36-,37+,41-/m0/s1. The molecule has 0 radical (unpaired) electrons. The Kier molecular flexibility index (Phi) is 12.9. The number of carbonyl (C=O) groups excluding carboxylic acids is 4. The lowest BCUT2D eigenvalue weighted by atomic mass is 9.70. The zero-order valence-electron chi connectivity index (χ0n) is 30.0. The first-order valence-electron chi connectivity index (χ1n) is 18.4. The molecule has 51 heavy (non-hydrogen) atoms. The molecule has 3 heterocycles. The lowest BCUT2D eigenvalue weighted by Crippen LogP contribution is -2.59. The van der Waals surface area contributed by atoms with E-state index >= 15 is 0 Å². The molecule has 10 nitrogen and oxygen atoms in total. The predicted octanol–water partition coefficient (Wildman–Crippen LogP) is 4.92. The maximum atomic E-state index is 14.8. The van der Waals surface area contributed by atoms with Crippen LogP contribution in [0.1, 0.15) is 76.0 Å². The molecular formula is C41H53N3O7. The third kappa shape index (κ3) is 7.97. The Morgan fingerprint density at radius 3 is 2.45 bits per heavy atom. The number of amides is 3. The number of ether oxygens (including phenoxy) is 2. The zero-order chi connectivity index (χ0) is 36.5. The van der Waals surface area contributed by atoms with Crippen LogP contribution in [-0.4, -0.2) is 88.1 Å². The van der Waals surface area contributed by atoms with Gasteiger partial charge in [0.25, 0.3) is 0 Å². The van der Waals surface area contributed by atoms with E-state index in [4.69, 9.17) is 9.47 Å². The molecule has 2 bridgehead atoms. The highest BCUT2D eigenvalue weighted by Gasteiger charge is 2.75. The number of hydrogen-bond acceptors (Lipinski definition) is 7. The zero-order valence-corrected chi connectivity index (χ0v) is 30.0. The Morgan fingerprint density at radius 1 is 1.10 bits per heavy atom. The monoisotopic (exact) mass is 699 g/mol. The molecule has 0 aliphatic carbocycles. The first kappa shape index (κ1) is 38.0. The Hall–Kier alpha value is -4.28. The fraction of sp³-hybridized carbons (Fsp3) is 0.512. The van der Waals surface area contributed by atoms with E-state index in [-0.39, 0.29) is 30.7 Å². The molecule has 5 rings (SSSR count). The first-order valence-corrected chi connectivity index (χ1v) is 18.4. The van der Waals surface area contributed by atoms with Gasteiger partial charge >= 0.3 is 5.97 Å². The van der Waals surface area contributed by atoms with Crippen molar-refractivity contribution in [2.75, 3.05) is 19.7 Å². The van der Waals surface area contributed by atoms with Crippen LogP contribution in [0.2, 0.25) is 0 Å². The number of carbonyl (C=O) groups is 4. The minimum absolute atomic E-state index is 0.193. The quantitative estimate of drug-likeness (QED) is 0.121. The van der Waals surface area contributed by atoms with Gasteiger partial charge in [-0.25, -0.2) is 0 Å². The topological polar surface area (TPSA) is 125 Å². The number of nitrogens with zero attached hydrogens (tertiary/aromatic N) is 2. The van der Waals surface area contributed by atoms with Crippen molar-refractivity contribution < 1.29 is 33.8 Å². The van der Waals surface area contributed by atoms with E-state index in [1.54, 1.807) is 24.0 Å². The number of benzene rings is 2. The van der Waals surface area contributed by atoms with E-state index < -0.39 is 53.7 Å². The molecular weight excluding hydrogens is 646 g/mol. The van der Waals surface area contributed by atoms with Gasteiger partial charge in [0.15, 0.2) is 0 Å². The number of esters is 1. The average molecular weight is 700 g/mol. The second kappa shape index (κ2) is 17.3. The van der Waals surface area contributed by atoms with Crippen LogP contribution in [0.15, 0.2) is 86.0 Å². The molecule has 2 aromatic rings. The Labute approximate surface area is 301 Å². The van der Waals surface area contributed by atoms with Crippen LogP contribution in [0.25, 0.3) is 0 Å². The Bertz CT molecular complexity index is 1530. The van der Waals surface area contributed by atoms with E-state index in [0.29, 0.717) is 44.3 Å². The third-order valence-electron chi connectivity index (χ3n) is 10.6. The summed E-state index contributed by atoms with van der Waals surface area (Å²) in [4.78, 5) is 60.0. The molecule has 3 fully saturated rings. The lowest BCUT2D eigenvalue weighted by molar-refractivity contribution is -0.162. The number of aliphatic hydroxyl groups is 1. The van der Waals surface area contributed by atoms with Crippen LogP contribution in [-0.2, 0) is 35.1 Å². The van der Waals surface area contributed by atoms with Gasteiger partial charge in [-0.15, -0.1) is 13.2 Å². The number of hydrogen-bond donors (Lipinski definition) is 2. The van der Waals surface area contributed by atoms with Gasteiger partial charge in [0.1, 0.15) is 17.7 Å². The number of aliphatic hydroxyl groups excluding tert-OH is 1. The van der Waals surface area contributed by atoms with Gasteiger partial charge < -0.3 is 29.7 Å². The van der Waals surface area contributed by atoms with Crippen LogP contribution >= 0.6 is 0 Å². The first-order chi connectivity index (χ1) is 24.7. The summed E-state index contributed by atoms with van der Waals surface area (Å²) in [6.07, 6.45) is 6.61. The Balaban J connectivity index is 1.50. The van der Waals surface area contributed by atoms with Gasteiger partial charge in [0.2, 0.25) is 17.7 Å². The fourth-order valence-electron chi connectivity index (χ4n) is 8.28. The highest BCUT2D eigenvalue weighted by molar-refractivity contribution is 5.98. The second-order valence-corrected chi connectivity index (χ2v) is 14.1. The summed E-state index contributed by atoms with van der Waals surface area (Å²) in [7, 11) is 0. The number of allylic oxidation sites excluding steroid dienone is 1. The summed E-state index contributed by atoms with van der Waals surface area (Å²) in [6, 6.07) is 16.4. The van der Waals surface area contributed by atoms with Gasteiger partial charge in [-0.1, -0.05) is 92.6 Å². The molecule has 8 atom stereocenters. The summed E-state index contributed by atoms with van der Waals surface area (Å²) in [5.74, 6) is -3.39. The van der Waals surface area contributed by atoms with Crippen LogP contribution in [0.4, 0.5) is 0 Å².